The number of nitrogens with one attached hydrogen (secondary N) is 1. The lowest BCUT2D eigenvalue weighted by molar-refractivity contribution is 0.641. The zero-order valence-corrected chi connectivity index (χ0v) is 10.3. The first-order chi connectivity index (χ1) is 8.20. The fourth-order valence-corrected chi connectivity index (χ4v) is 2.20. The van der Waals surface area contributed by atoms with E-state index >= 15 is 0 Å². The Kier molecular flexibility index (Phi) is 3.43. The van der Waals surface area contributed by atoms with E-state index in [1.807, 2.05) is 19.9 Å². The van der Waals surface area contributed by atoms with Crippen molar-refractivity contribution in [2.24, 2.45) is 0 Å². The summed E-state index contributed by atoms with van der Waals surface area (Å²) in [7, 11) is 0. The molecule has 1 atom stereocenters. The average molecular weight is 227 g/mol. The summed E-state index contributed by atoms with van der Waals surface area (Å²) in [5, 5.41) is 12.6. The summed E-state index contributed by atoms with van der Waals surface area (Å²) in [5.74, 6) is 0.741. The van der Waals surface area contributed by atoms with Crippen molar-refractivity contribution in [3.8, 4) is 6.07 Å². The predicted octanol–water partition coefficient (Wildman–Crippen LogP) is 3.09. The number of hydrogen-bond donors (Lipinski definition) is 1. The van der Waals surface area contributed by atoms with Gasteiger partial charge in [0.1, 0.15) is 11.9 Å². The highest BCUT2D eigenvalue weighted by Crippen LogP contribution is 2.21. The molecule has 2 rings (SSSR count). The van der Waals surface area contributed by atoms with Crippen LogP contribution >= 0.6 is 0 Å². The number of hydrogen-bond acceptors (Lipinski definition) is 3. The highest BCUT2D eigenvalue weighted by atomic mass is 15.0. The molecular formula is C14H17N3. The molecule has 0 bridgehead atoms. The molecule has 1 heterocycles. The maximum atomic E-state index is 9.18. The first-order valence-electron chi connectivity index (χ1n) is 6.00. The summed E-state index contributed by atoms with van der Waals surface area (Å²) in [6.45, 7) is 3.92. The number of anilines is 1. The van der Waals surface area contributed by atoms with Gasteiger partial charge in [-0.3, -0.25) is 0 Å². The molecule has 17 heavy (non-hydrogen) atoms. The van der Waals surface area contributed by atoms with E-state index in [0.29, 0.717) is 11.6 Å². The summed E-state index contributed by atoms with van der Waals surface area (Å²) in [4.78, 5) is 4.44. The van der Waals surface area contributed by atoms with Gasteiger partial charge in [0.25, 0.3) is 0 Å². The second-order valence-electron chi connectivity index (χ2n) is 4.54. The van der Waals surface area contributed by atoms with Crippen LogP contribution < -0.4 is 5.32 Å². The Labute approximate surface area is 102 Å². The molecule has 0 radical (unpaired) electrons. The van der Waals surface area contributed by atoms with Crippen LogP contribution in [0.2, 0.25) is 0 Å². The van der Waals surface area contributed by atoms with E-state index in [0.717, 1.165) is 36.3 Å². The molecule has 3 heteroatoms. The zero-order chi connectivity index (χ0) is 12.3. The first-order valence-corrected chi connectivity index (χ1v) is 6.00. The zero-order valence-electron chi connectivity index (χ0n) is 10.3. The number of pyridine rings is 1. The van der Waals surface area contributed by atoms with Crippen LogP contribution in [0.15, 0.2) is 18.2 Å². The Hall–Kier alpha value is -1.82. The van der Waals surface area contributed by atoms with Gasteiger partial charge in [-0.2, -0.15) is 5.26 Å². The highest BCUT2D eigenvalue weighted by molar-refractivity contribution is 5.56. The number of nitrogens with zero attached hydrogens (tertiary/aromatic N) is 2. The van der Waals surface area contributed by atoms with Crippen molar-refractivity contribution in [2.45, 2.75) is 39.2 Å². The summed E-state index contributed by atoms with van der Waals surface area (Å²) in [6.07, 6.45) is 7.62. The molecule has 1 aliphatic rings. The van der Waals surface area contributed by atoms with Crippen LogP contribution in [0.1, 0.15) is 36.1 Å². The van der Waals surface area contributed by atoms with Crippen molar-refractivity contribution in [1.29, 1.82) is 5.26 Å². The monoisotopic (exact) mass is 227 g/mol. The quantitative estimate of drug-likeness (QED) is 0.790. The summed E-state index contributed by atoms with van der Waals surface area (Å²) >= 11 is 0. The van der Waals surface area contributed by atoms with Gasteiger partial charge in [-0.15, -0.1) is 0 Å². The molecular weight excluding hydrogens is 210 g/mol. The van der Waals surface area contributed by atoms with Crippen LogP contribution in [-0.2, 0) is 0 Å². The van der Waals surface area contributed by atoms with Gasteiger partial charge in [0.2, 0.25) is 0 Å². The van der Waals surface area contributed by atoms with Gasteiger partial charge in [-0.1, -0.05) is 12.2 Å². The summed E-state index contributed by atoms with van der Waals surface area (Å²) in [6, 6.07) is 4.59. The van der Waals surface area contributed by atoms with Crippen molar-refractivity contribution < 1.29 is 0 Å². The van der Waals surface area contributed by atoms with Crippen LogP contribution in [0.5, 0.6) is 0 Å². The minimum absolute atomic E-state index is 0.404. The molecule has 0 fully saturated rings. The van der Waals surface area contributed by atoms with E-state index in [9.17, 15) is 5.26 Å². The first kappa shape index (κ1) is 11.7. The van der Waals surface area contributed by atoms with E-state index in [-0.39, 0.29) is 0 Å². The SMILES string of the molecule is Cc1cc(C)c(C#N)c(NC2CC=CCC2)n1. The van der Waals surface area contributed by atoms with Crippen molar-refractivity contribution >= 4 is 5.82 Å². The summed E-state index contributed by atoms with van der Waals surface area (Å²) in [5.41, 5.74) is 2.62. The van der Waals surface area contributed by atoms with Gasteiger partial charge < -0.3 is 5.32 Å². The maximum absolute atomic E-state index is 9.18. The highest BCUT2D eigenvalue weighted by Gasteiger charge is 2.14. The Morgan fingerprint density at radius 2 is 2.24 bits per heavy atom. The van der Waals surface area contributed by atoms with Crippen LogP contribution in [-0.4, -0.2) is 11.0 Å². The number of nitriles is 1. The van der Waals surface area contributed by atoms with Crippen molar-refractivity contribution in [1.82, 2.24) is 4.98 Å². The fourth-order valence-electron chi connectivity index (χ4n) is 2.20. The third kappa shape index (κ3) is 2.65. The lowest BCUT2D eigenvalue weighted by atomic mass is 10.0. The van der Waals surface area contributed by atoms with Crippen LogP contribution in [0, 0.1) is 25.2 Å². The minimum Gasteiger partial charge on any atom is -0.366 e. The van der Waals surface area contributed by atoms with Gasteiger partial charge in [0.15, 0.2) is 0 Å². The van der Waals surface area contributed by atoms with E-state index in [1.54, 1.807) is 0 Å². The van der Waals surface area contributed by atoms with Gasteiger partial charge in [0, 0.05) is 11.7 Å². The largest absolute Gasteiger partial charge is 0.366 e. The third-order valence-corrected chi connectivity index (χ3v) is 3.07. The van der Waals surface area contributed by atoms with E-state index < -0.39 is 0 Å². The maximum Gasteiger partial charge on any atom is 0.144 e. The van der Waals surface area contributed by atoms with Crippen molar-refractivity contribution in [3.63, 3.8) is 0 Å². The third-order valence-electron chi connectivity index (χ3n) is 3.07. The predicted molar refractivity (Wildman–Crippen MR) is 68.8 cm³/mol. The average Bonchev–Trinajstić information content (AvgIpc) is 2.30. The lowest BCUT2D eigenvalue weighted by Gasteiger charge is -2.21. The molecule has 88 valence electrons. The van der Waals surface area contributed by atoms with Gasteiger partial charge in [0.05, 0.1) is 5.56 Å². The number of aromatic nitrogens is 1. The molecule has 0 saturated carbocycles. The topological polar surface area (TPSA) is 48.7 Å². The van der Waals surface area contributed by atoms with E-state index in [1.165, 1.54) is 0 Å². The molecule has 0 saturated heterocycles. The van der Waals surface area contributed by atoms with E-state index in [4.69, 9.17) is 0 Å². The molecule has 0 aliphatic heterocycles. The van der Waals surface area contributed by atoms with E-state index in [2.05, 4.69) is 28.5 Å². The summed E-state index contributed by atoms with van der Waals surface area (Å²) < 4.78 is 0. The Balaban J connectivity index is 2.25. The molecule has 0 spiro atoms. The number of aryl methyl sites for hydroxylation is 2. The van der Waals surface area contributed by atoms with Gasteiger partial charge in [-0.05, 0) is 44.7 Å². The van der Waals surface area contributed by atoms with Gasteiger partial charge >= 0.3 is 0 Å². The molecule has 0 amide bonds. The Morgan fingerprint density at radius 3 is 2.88 bits per heavy atom. The number of rotatable bonds is 2. The molecule has 1 N–H and O–H groups in total. The normalized spacial score (nSPS) is 18.8. The molecule has 3 nitrogen and oxygen atoms in total. The molecule has 1 aliphatic carbocycles. The van der Waals surface area contributed by atoms with Crippen molar-refractivity contribution in [2.75, 3.05) is 5.32 Å². The van der Waals surface area contributed by atoms with Crippen molar-refractivity contribution in [3.05, 3.63) is 35.0 Å². The van der Waals surface area contributed by atoms with Crippen LogP contribution in [0.25, 0.3) is 0 Å². The minimum atomic E-state index is 0.404. The second kappa shape index (κ2) is 5.01. The standard InChI is InChI=1S/C14H17N3/c1-10-8-11(2)16-14(13(10)9-15)17-12-6-4-3-5-7-12/h3-4,8,12H,5-7H2,1-2H3,(H,16,17). The molecule has 1 aromatic heterocycles. The van der Waals surface area contributed by atoms with Crippen LogP contribution in [0.4, 0.5) is 5.82 Å². The second-order valence-corrected chi connectivity index (χ2v) is 4.54. The fraction of sp³-hybridized carbons (Fsp3) is 0.429. The van der Waals surface area contributed by atoms with Gasteiger partial charge in [-0.25, -0.2) is 4.98 Å². The molecule has 0 aromatic carbocycles. The lowest BCUT2D eigenvalue weighted by Crippen LogP contribution is -2.22. The molecule has 1 aromatic rings. The number of allylic oxidation sites excluding steroid dienone is 1. The van der Waals surface area contributed by atoms with Crippen LogP contribution in [0.3, 0.4) is 0 Å². The Morgan fingerprint density at radius 1 is 1.41 bits per heavy atom. The Bertz CT molecular complexity index is 483. The molecule has 1 unspecified atom stereocenters. The smallest absolute Gasteiger partial charge is 0.144 e.